The van der Waals surface area contributed by atoms with E-state index in [-0.39, 0.29) is 11.9 Å². The highest BCUT2D eigenvalue weighted by molar-refractivity contribution is 5.21. The molecule has 0 saturated carbocycles. The molecule has 2 nitrogen and oxygen atoms in total. The van der Waals surface area contributed by atoms with Crippen LogP contribution < -0.4 is 5.32 Å². The Hall–Kier alpha value is -0.930. The van der Waals surface area contributed by atoms with Crippen LogP contribution in [0.15, 0.2) is 24.3 Å². The normalized spacial score (nSPS) is 20.6. The minimum Gasteiger partial charge on any atom is -0.313 e. The molecule has 0 amide bonds. The third kappa shape index (κ3) is 3.77. The van der Waals surface area contributed by atoms with Gasteiger partial charge in [-0.25, -0.2) is 4.39 Å². The molecule has 1 aliphatic heterocycles. The van der Waals surface area contributed by atoms with Crippen LogP contribution in [0, 0.1) is 11.2 Å². The Morgan fingerprint density at radius 1 is 1.37 bits per heavy atom. The first-order valence-electron chi connectivity index (χ1n) is 7.16. The zero-order valence-corrected chi connectivity index (χ0v) is 12.2. The average Bonchev–Trinajstić information content (AvgIpc) is 2.72. The first-order valence-corrected chi connectivity index (χ1v) is 7.16. The summed E-state index contributed by atoms with van der Waals surface area (Å²) in [5.41, 5.74) is 1.22. The Bertz CT molecular complexity index is 417. The van der Waals surface area contributed by atoms with E-state index >= 15 is 0 Å². The summed E-state index contributed by atoms with van der Waals surface area (Å²) >= 11 is 0. The van der Waals surface area contributed by atoms with Crippen molar-refractivity contribution in [1.29, 1.82) is 0 Å². The van der Waals surface area contributed by atoms with Gasteiger partial charge in [0.25, 0.3) is 0 Å². The number of hydrogen-bond donors (Lipinski definition) is 1. The summed E-state index contributed by atoms with van der Waals surface area (Å²) in [4.78, 5) is 2.49. The van der Waals surface area contributed by atoms with Crippen molar-refractivity contribution < 1.29 is 4.39 Å². The van der Waals surface area contributed by atoms with E-state index < -0.39 is 0 Å². The van der Waals surface area contributed by atoms with Crippen LogP contribution in [0.25, 0.3) is 0 Å². The Morgan fingerprint density at radius 3 is 2.68 bits per heavy atom. The van der Waals surface area contributed by atoms with Crippen molar-refractivity contribution in [3.8, 4) is 0 Å². The van der Waals surface area contributed by atoms with E-state index in [1.807, 2.05) is 19.2 Å². The number of nitrogens with one attached hydrogen (secondary N) is 1. The smallest absolute Gasteiger partial charge is 0.127 e. The van der Waals surface area contributed by atoms with Crippen LogP contribution in [-0.2, 0) is 0 Å². The first-order chi connectivity index (χ1) is 9.02. The molecular formula is C16H25FN2. The van der Waals surface area contributed by atoms with Gasteiger partial charge in [0.05, 0.1) is 0 Å². The molecular weight excluding hydrogens is 239 g/mol. The lowest BCUT2D eigenvalue weighted by atomic mass is 9.93. The molecule has 106 valence electrons. The molecule has 1 heterocycles. The molecule has 0 bridgehead atoms. The average molecular weight is 264 g/mol. The topological polar surface area (TPSA) is 15.3 Å². The van der Waals surface area contributed by atoms with Gasteiger partial charge in [-0.1, -0.05) is 32.0 Å². The molecule has 1 N–H and O–H groups in total. The van der Waals surface area contributed by atoms with Crippen LogP contribution in [0.2, 0.25) is 0 Å². The number of likely N-dealkylation sites (tertiary alicyclic amines) is 1. The predicted octanol–water partition coefficient (Wildman–Crippen LogP) is 3.21. The number of benzene rings is 1. The van der Waals surface area contributed by atoms with Gasteiger partial charge in [0, 0.05) is 18.2 Å². The molecule has 0 radical (unpaired) electrons. The Labute approximate surface area is 116 Å². The standard InChI is InChI=1S/C16H25FN2/c1-16(2)9-11-19(12-16)10-8-15(18-3)13-6-4-5-7-14(13)17/h4-7,15,18H,8-12H2,1-3H3. The van der Waals surface area contributed by atoms with Crippen LogP contribution in [0.5, 0.6) is 0 Å². The van der Waals surface area contributed by atoms with Crippen molar-refractivity contribution in [2.45, 2.75) is 32.7 Å². The molecule has 1 aromatic carbocycles. The summed E-state index contributed by atoms with van der Waals surface area (Å²) in [7, 11) is 1.91. The van der Waals surface area contributed by atoms with E-state index in [1.165, 1.54) is 13.0 Å². The largest absolute Gasteiger partial charge is 0.313 e. The summed E-state index contributed by atoms with van der Waals surface area (Å²) in [6.45, 7) is 7.99. The minimum absolute atomic E-state index is 0.102. The van der Waals surface area contributed by atoms with E-state index in [0.717, 1.165) is 25.1 Å². The lowest BCUT2D eigenvalue weighted by Crippen LogP contribution is -2.28. The first kappa shape index (κ1) is 14.5. The summed E-state index contributed by atoms with van der Waals surface area (Å²) in [5.74, 6) is -0.108. The maximum atomic E-state index is 13.8. The third-order valence-electron chi connectivity index (χ3n) is 4.12. The van der Waals surface area contributed by atoms with E-state index in [9.17, 15) is 4.39 Å². The summed E-state index contributed by atoms with van der Waals surface area (Å²) in [6.07, 6.45) is 2.21. The zero-order valence-electron chi connectivity index (χ0n) is 12.2. The van der Waals surface area contributed by atoms with Gasteiger partial charge in [0.2, 0.25) is 0 Å². The SMILES string of the molecule is CNC(CCN1CCC(C)(C)C1)c1ccccc1F. The number of halogens is 1. The fraction of sp³-hybridized carbons (Fsp3) is 0.625. The maximum Gasteiger partial charge on any atom is 0.127 e. The number of nitrogens with zero attached hydrogens (tertiary/aromatic N) is 1. The zero-order chi connectivity index (χ0) is 13.9. The summed E-state index contributed by atoms with van der Waals surface area (Å²) in [6, 6.07) is 7.17. The van der Waals surface area contributed by atoms with E-state index in [1.54, 1.807) is 12.1 Å². The highest BCUT2D eigenvalue weighted by Gasteiger charge is 2.29. The molecule has 1 saturated heterocycles. The van der Waals surface area contributed by atoms with Gasteiger partial charge in [-0.3, -0.25) is 0 Å². The highest BCUT2D eigenvalue weighted by Crippen LogP contribution is 2.29. The van der Waals surface area contributed by atoms with Crippen LogP contribution in [0.3, 0.4) is 0 Å². The van der Waals surface area contributed by atoms with Crippen LogP contribution >= 0.6 is 0 Å². The quantitative estimate of drug-likeness (QED) is 0.878. The van der Waals surface area contributed by atoms with Gasteiger partial charge < -0.3 is 10.2 Å². The van der Waals surface area contributed by atoms with Gasteiger partial charge in [0.1, 0.15) is 5.82 Å². The van der Waals surface area contributed by atoms with E-state index in [0.29, 0.717) is 5.41 Å². The second-order valence-corrected chi connectivity index (χ2v) is 6.34. The molecule has 1 atom stereocenters. The van der Waals surface area contributed by atoms with Crippen molar-refractivity contribution in [2.24, 2.45) is 5.41 Å². The monoisotopic (exact) mass is 264 g/mol. The fourth-order valence-electron chi connectivity index (χ4n) is 2.94. The van der Waals surface area contributed by atoms with Gasteiger partial charge in [-0.05, 0) is 44.5 Å². The fourth-order valence-corrected chi connectivity index (χ4v) is 2.94. The van der Waals surface area contributed by atoms with Crippen LogP contribution in [0.1, 0.15) is 38.3 Å². The second-order valence-electron chi connectivity index (χ2n) is 6.34. The summed E-state index contributed by atoms with van der Waals surface area (Å²) in [5, 5.41) is 3.24. The number of hydrogen-bond acceptors (Lipinski definition) is 2. The van der Waals surface area contributed by atoms with Crippen molar-refractivity contribution >= 4 is 0 Å². The van der Waals surface area contributed by atoms with E-state index in [4.69, 9.17) is 0 Å². The molecule has 1 aliphatic rings. The Kier molecular flexibility index (Phi) is 4.58. The van der Waals surface area contributed by atoms with Crippen molar-refractivity contribution in [2.75, 3.05) is 26.7 Å². The highest BCUT2D eigenvalue weighted by atomic mass is 19.1. The molecule has 3 heteroatoms. The lowest BCUT2D eigenvalue weighted by molar-refractivity contribution is 0.275. The number of rotatable bonds is 5. The Morgan fingerprint density at radius 2 is 2.11 bits per heavy atom. The van der Waals surface area contributed by atoms with Gasteiger partial charge in [-0.2, -0.15) is 0 Å². The Balaban J connectivity index is 1.92. The minimum atomic E-state index is -0.108. The van der Waals surface area contributed by atoms with Crippen LogP contribution in [-0.4, -0.2) is 31.6 Å². The molecule has 0 aliphatic carbocycles. The van der Waals surface area contributed by atoms with Crippen molar-refractivity contribution in [3.63, 3.8) is 0 Å². The molecule has 0 spiro atoms. The van der Waals surface area contributed by atoms with Crippen molar-refractivity contribution in [3.05, 3.63) is 35.6 Å². The third-order valence-corrected chi connectivity index (χ3v) is 4.12. The molecule has 19 heavy (non-hydrogen) atoms. The lowest BCUT2D eigenvalue weighted by Gasteiger charge is -2.23. The molecule has 1 aromatic rings. The van der Waals surface area contributed by atoms with Gasteiger partial charge in [-0.15, -0.1) is 0 Å². The van der Waals surface area contributed by atoms with E-state index in [2.05, 4.69) is 24.1 Å². The molecule has 1 unspecified atom stereocenters. The molecule has 0 aromatic heterocycles. The van der Waals surface area contributed by atoms with Gasteiger partial charge >= 0.3 is 0 Å². The second kappa shape index (κ2) is 6.02. The van der Waals surface area contributed by atoms with Crippen LogP contribution in [0.4, 0.5) is 4.39 Å². The summed E-state index contributed by atoms with van der Waals surface area (Å²) < 4.78 is 13.8. The predicted molar refractivity (Wildman–Crippen MR) is 77.7 cm³/mol. The van der Waals surface area contributed by atoms with Crippen molar-refractivity contribution in [1.82, 2.24) is 10.2 Å². The molecule has 2 rings (SSSR count). The maximum absolute atomic E-state index is 13.8. The van der Waals surface area contributed by atoms with Gasteiger partial charge in [0.15, 0.2) is 0 Å². The molecule has 1 fully saturated rings.